The van der Waals surface area contributed by atoms with E-state index >= 15 is 0 Å². The summed E-state index contributed by atoms with van der Waals surface area (Å²) in [7, 11) is 0. The molecule has 1 aromatic heterocycles. The molecule has 2 saturated heterocycles. The van der Waals surface area contributed by atoms with Gasteiger partial charge in [0.15, 0.2) is 0 Å². The van der Waals surface area contributed by atoms with Crippen molar-refractivity contribution in [1.82, 2.24) is 25.5 Å². The molecular weight excluding hydrogens is 440 g/mol. The van der Waals surface area contributed by atoms with Crippen LogP contribution in [0, 0.1) is 0 Å². The van der Waals surface area contributed by atoms with Crippen molar-refractivity contribution >= 4 is 29.4 Å². The van der Waals surface area contributed by atoms with Gasteiger partial charge in [-0.05, 0) is 43.5 Å². The number of carbonyl (C=O) groups is 4. The van der Waals surface area contributed by atoms with E-state index in [-0.39, 0.29) is 42.6 Å². The Bertz CT molecular complexity index is 1160. The van der Waals surface area contributed by atoms with Gasteiger partial charge in [-0.1, -0.05) is 12.1 Å². The van der Waals surface area contributed by atoms with Gasteiger partial charge in [0, 0.05) is 25.7 Å². The number of imide groups is 2. The molecule has 0 aliphatic carbocycles. The fraction of sp³-hybridized carbons (Fsp3) is 0.391. The number of aromatic nitrogens is 2. The highest BCUT2D eigenvalue weighted by molar-refractivity contribution is 6.24. The lowest BCUT2D eigenvalue weighted by atomic mass is 10.0. The molecule has 2 aromatic rings. The van der Waals surface area contributed by atoms with Gasteiger partial charge >= 0.3 is 6.01 Å². The van der Waals surface area contributed by atoms with Gasteiger partial charge in [-0.2, -0.15) is 4.98 Å². The molecule has 3 aliphatic rings. The van der Waals surface area contributed by atoms with E-state index in [0.717, 1.165) is 30.8 Å². The van der Waals surface area contributed by atoms with Crippen LogP contribution in [-0.2, 0) is 16.1 Å². The second-order valence-electron chi connectivity index (χ2n) is 8.45. The van der Waals surface area contributed by atoms with E-state index in [2.05, 4.69) is 25.9 Å². The first kappa shape index (κ1) is 22.0. The fourth-order valence-electron chi connectivity index (χ4n) is 4.48. The lowest BCUT2D eigenvalue weighted by molar-refractivity contribution is -0.136. The topological polar surface area (TPSA) is 143 Å². The van der Waals surface area contributed by atoms with Gasteiger partial charge in [-0.15, -0.1) is 0 Å². The Morgan fingerprint density at radius 1 is 1.12 bits per heavy atom. The third kappa shape index (κ3) is 4.21. The number of benzene rings is 1. The van der Waals surface area contributed by atoms with E-state index in [9.17, 15) is 19.2 Å². The summed E-state index contributed by atoms with van der Waals surface area (Å²) < 4.78 is 5.86. The maximum absolute atomic E-state index is 13.2. The van der Waals surface area contributed by atoms with E-state index < -0.39 is 29.7 Å². The number of ether oxygens (including phenoxy) is 1. The van der Waals surface area contributed by atoms with Gasteiger partial charge in [0.2, 0.25) is 11.8 Å². The van der Waals surface area contributed by atoms with Crippen molar-refractivity contribution in [3.8, 4) is 6.01 Å². The summed E-state index contributed by atoms with van der Waals surface area (Å²) in [6.45, 7) is 1.95. The van der Waals surface area contributed by atoms with E-state index in [0.29, 0.717) is 11.4 Å². The molecule has 0 spiro atoms. The third-order valence-electron chi connectivity index (χ3n) is 6.17. The molecule has 4 amide bonds. The average molecular weight is 464 g/mol. The minimum Gasteiger partial charge on any atom is -0.459 e. The predicted octanol–water partition coefficient (Wildman–Crippen LogP) is 0.621. The maximum atomic E-state index is 13.2. The molecule has 11 heteroatoms. The highest BCUT2D eigenvalue weighted by atomic mass is 16.5. The van der Waals surface area contributed by atoms with Gasteiger partial charge in [-0.25, -0.2) is 4.98 Å². The summed E-state index contributed by atoms with van der Waals surface area (Å²) in [6, 6.07) is 5.98. The average Bonchev–Trinajstić information content (AvgIpc) is 3.09. The molecular formula is C23H24N6O5. The lowest BCUT2D eigenvalue weighted by Crippen LogP contribution is -2.54. The van der Waals surface area contributed by atoms with E-state index in [1.165, 1.54) is 0 Å². The third-order valence-corrected chi connectivity index (χ3v) is 6.17. The van der Waals surface area contributed by atoms with Crippen LogP contribution in [0.2, 0.25) is 0 Å². The number of carbonyl (C=O) groups excluding carboxylic acids is 4. The van der Waals surface area contributed by atoms with Gasteiger partial charge in [-0.3, -0.25) is 29.4 Å². The van der Waals surface area contributed by atoms with Crippen LogP contribution in [0.5, 0.6) is 6.01 Å². The van der Waals surface area contributed by atoms with Gasteiger partial charge in [0.1, 0.15) is 18.0 Å². The summed E-state index contributed by atoms with van der Waals surface area (Å²) in [5, 5.41) is 8.64. The second-order valence-corrected chi connectivity index (χ2v) is 8.45. The Hall–Kier alpha value is -3.86. The first-order chi connectivity index (χ1) is 16.5. The largest absolute Gasteiger partial charge is 0.459 e. The van der Waals surface area contributed by atoms with Crippen molar-refractivity contribution in [2.24, 2.45) is 0 Å². The molecule has 0 saturated carbocycles. The number of nitrogens with zero attached hydrogens (tertiary/aromatic N) is 3. The van der Waals surface area contributed by atoms with Crippen molar-refractivity contribution in [2.45, 2.75) is 44.4 Å². The summed E-state index contributed by atoms with van der Waals surface area (Å²) in [4.78, 5) is 59.5. The summed E-state index contributed by atoms with van der Waals surface area (Å²) in [5.74, 6) is -1.59. The van der Waals surface area contributed by atoms with Gasteiger partial charge < -0.3 is 15.4 Å². The minimum absolute atomic E-state index is 0.0169. The van der Waals surface area contributed by atoms with Crippen LogP contribution >= 0.6 is 0 Å². The lowest BCUT2D eigenvalue weighted by Gasteiger charge is -2.27. The van der Waals surface area contributed by atoms with Crippen LogP contribution in [0.25, 0.3) is 0 Å². The standard InChI is InChI=1S/C23H24N6O5/c30-18-7-6-16(20(31)28-18)29-21(32)15-5-1-3-13(19(15)22(29)33)11-26-17-8-10-25-23(27-17)34-14-4-2-9-24-12-14/h1,3,5,8,10,14,16,24H,2,4,6-7,9,11-12H2,(H,25,26,27)(H,28,30,31). The van der Waals surface area contributed by atoms with E-state index in [1.807, 2.05) is 0 Å². The van der Waals surface area contributed by atoms with Crippen molar-refractivity contribution in [2.75, 3.05) is 18.4 Å². The van der Waals surface area contributed by atoms with Crippen LogP contribution in [0.3, 0.4) is 0 Å². The number of nitrogens with one attached hydrogen (secondary N) is 3. The molecule has 0 radical (unpaired) electrons. The zero-order valence-corrected chi connectivity index (χ0v) is 18.4. The maximum Gasteiger partial charge on any atom is 0.318 e. The molecule has 176 valence electrons. The Labute approximate surface area is 195 Å². The Balaban J connectivity index is 1.31. The first-order valence-corrected chi connectivity index (χ1v) is 11.3. The monoisotopic (exact) mass is 464 g/mol. The molecule has 11 nitrogen and oxygen atoms in total. The molecule has 1 aromatic carbocycles. The number of amides is 4. The van der Waals surface area contributed by atoms with Gasteiger partial charge in [0.05, 0.1) is 11.1 Å². The molecule has 2 unspecified atom stereocenters. The van der Waals surface area contributed by atoms with E-state index in [1.54, 1.807) is 30.5 Å². The van der Waals surface area contributed by atoms with Crippen molar-refractivity contribution in [3.05, 3.63) is 47.2 Å². The molecule has 3 aliphatic heterocycles. The smallest absolute Gasteiger partial charge is 0.318 e. The van der Waals surface area contributed by atoms with Crippen LogP contribution in [-0.4, -0.2) is 63.7 Å². The highest BCUT2D eigenvalue weighted by Crippen LogP contribution is 2.30. The molecule has 3 N–H and O–H groups in total. The summed E-state index contributed by atoms with van der Waals surface area (Å²) >= 11 is 0. The number of anilines is 1. The van der Waals surface area contributed by atoms with Gasteiger partial charge in [0.25, 0.3) is 11.8 Å². The second kappa shape index (κ2) is 9.18. The fourth-order valence-corrected chi connectivity index (χ4v) is 4.48. The minimum atomic E-state index is -0.998. The zero-order chi connectivity index (χ0) is 23.7. The van der Waals surface area contributed by atoms with Crippen LogP contribution in [0.1, 0.15) is 52.0 Å². The number of hydrogen-bond acceptors (Lipinski definition) is 9. The highest BCUT2D eigenvalue weighted by Gasteiger charge is 2.45. The van der Waals surface area contributed by atoms with Crippen molar-refractivity contribution in [3.63, 3.8) is 0 Å². The summed E-state index contributed by atoms with van der Waals surface area (Å²) in [6.07, 6.45) is 3.77. The van der Waals surface area contributed by atoms with Crippen molar-refractivity contribution in [1.29, 1.82) is 0 Å². The first-order valence-electron chi connectivity index (χ1n) is 11.3. The van der Waals surface area contributed by atoms with Crippen molar-refractivity contribution < 1.29 is 23.9 Å². The molecule has 34 heavy (non-hydrogen) atoms. The molecule has 2 fully saturated rings. The molecule has 5 rings (SSSR count). The SMILES string of the molecule is O=C1CCC(N2C(=O)c3cccc(CNc4ccnc(OC5CCCNC5)n4)c3C2=O)C(=O)N1. The summed E-state index contributed by atoms with van der Waals surface area (Å²) in [5.41, 5.74) is 1.09. The molecule has 0 bridgehead atoms. The van der Waals surface area contributed by atoms with Crippen LogP contribution in [0.4, 0.5) is 5.82 Å². The Kier molecular flexibility index (Phi) is 5.93. The number of hydrogen-bond donors (Lipinski definition) is 3. The Morgan fingerprint density at radius 3 is 2.79 bits per heavy atom. The number of fused-ring (bicyclic) bond motifs is 1. The molecule has 2 atom stereocenters. The molecule has 4 heterocycles. The normalized spacial score (nSPS) is 22.4. The van der Waals surface area contributed by atoms with Crippen LogP contribution < -0.4 is 20.7 Å². The predicted molar refractivity (Wildman–Crippen MR) is 119 cm³/mol. The number of piperidine rings is 2. The van der Waals surface area contributed by atoms with E-state index in [4.69, 9.17) is 4.74 Å². The van der Waals surface area contributed by atoms with Crippen LogP contribution in [0.15, 0.2) is 30.5 Å². The number of rotatable bonds is 6. The quantitative estimate of drug-likeness (QED) is 0.524. The Morgan fingerprint density at radius 2 is 2.00 bits per heavy atom. The zero-order valence-electron chi connectivity index (χ0n) is 18.4.